The molecule has 1 aliphatic heterocycles. The van der Waals surface area contributed by atoms with Crippen LogP contribution in [-0.4, -0.2) is 59.5 Å². The molecule has 2 N–H and O–H groups in total. The van der Waals surface area contributed by atoms with Gasteiger partial charge in [-0.25, -0.2) is 0 Å². The number of likely N-dealkylation sites (tertiary alicyclic amines) is 1. The smallest absolute Gasteiger partial charge is 0.203 e. The molecule has 0 radical (unpaired) electrons. The maximum atomic E-state index is 13.3. The Balaban J connectivity index is 1.76. The third kappa shape index (κ3) is 4.86. The topological polar surface area (TPSA) is 72.1 Å². The molecule has 0 aromatic heterocycles. The van der Waals surface area contributed by atoms with Gasteiger partial charge in [-0.1, -0.05) is 12.5 Å². The van der Waals surface area contributed by atoms with Gasteiger partial charge in [0, 0.05) is 24.7 Å². The highest BCUT2D eigenvalue weighted by molar-refractivity contribution is 5.83. The number of aryl methyl sites for hydroxylation is 1. The molecule has 184 valence electrons. The fourth-order valence-electron chi connectivity index (χ4n) is 5.29. The van der Waals surface area contributed by atoms with Crippen molar-refractivity contribution in [3.8, 4) is 28.4 Å². The summed E-state index contributed by atoms with van der Waals surface area (Å²) in [6.45, 7) is 4.00. The molecule has 1 heterocycles. The number of nitrogens with zero attached hydrogens (tertiary/aromatic N) is 1. The molecule has 1 atom stereocenters. The molecule has 0 spiro atoms. The average Bonchev–Trinajstić information content (AvgIpc) is 3.11. The van der Waals surface area contributed by atoms with Gasteiger partial charge < -0.3 is 29.7 Å². The van der Waals surface area contributed by atoms with E-state index < -0.39 is 0 Å². The van der Waals surface area contributed by atoms with Crippen LogP contribution in [-0.2, 0) is 6.42 Å². The molecule has 0 saturated carbocycles. The van der Waals surface area contributed by atoms with E-state index in [0.29, 0.717) is 22.9 Å². The van der Waals surface area contributed by atoms with Crippen LogP contribution in [0.4, 0.5) is 5.69 Å². The Labute approximate surface area is 202 Å². The zero-order chi connectivity index (χ0) is 24.1. The first kappa shape index (κ1) is 24.4. The van der Waals surface area contributed by atoms with Crippen molar-refractivity contribution in [2.75, 3.05) is 59.9 Å². The minimum Gasteiger partial charge on any atom is -0.493 e. The van der Waals surface area contributed by atoms with Gasteiger partial charge in [0.2, 0.25) is 11.2 Å². The summed E-state index contributed by atoms with van der Waals surface area (Å²) in [4.78, 5) is 15.7. The summed E-state index contributed by atoms with van der Waals surface area (Å²) in [7, 11) is 6.84. The first-order valence-electron chi connectivity index (χ1n) is 12.2. The van der Waals surface area contributed by atoms with E-state index in [4.69, 9.17) is 14.2 Å². The molecule has 2 aliphatic rings. The van der Waals surface area contributed by atoms with Crippen LogP contribution in [0.3, 0.4) is 0 Å². The van der Waals surface area contributed by atoms with Crippen molar-refractivity contribution in [3.05, 3.63) is 45.6 Å². The van der Waals surface area contributed by atoms with Crippen LogP contribution in [0.25, 0.3) is 11.1 Å². The van der Waals surface area contributed by atoms with E-state index in [-0.39, 0.29) is 11.5 Å². The lowest BCUT2D eigenvalue weighted by Crippen LogP contribution is -2.34. The van der Waals surface area contributed by atoms with Crippen LogP contribution in [0.5, 0.6) is 17.2 Å². The largest absolute Gasteiger partial charge is 0.493 e. The van der Waals surface area contributed by atoms with E-state index in [0.717, 1.165) is 61.3 Å². The molecular formula is C27H37N3O4. The lowest BCUT2D eigenvalue weighted by molar-refractivity contribution is 0.237. The monoisotopic (exact) mass is 467 g/mol. The first-order valence-corrected chi connectivity index (χ1v) is 12.2. The molecule has 1 aliphatic carbocycles. The van der Waals surface area contributed by atoms with Crippen LogP contribution in [0.15, 0.2) is 29.1 Å². The van der Waals surface area contributed by atoms with Crippen molar-refractivity contribution in [2.45, 2.75) is 38.1 Å². The van der Waals surface area contributed by atoms with Crippen molar-refractivity contribution in [1.29, 1.82) is 0 Å². The zero-order valence-corrected chi connectivity index (χ0v) is 20.8. The Kier molecular flexibility index (Phi) is 7.95. The standard InChI is InChI=1S/C27H37N3O4/c1-28-21-10-8-18-16-24(32-2)26(33-3)27(34-4)25(18)19-9-11-22(23(31)17-20(19)21)29-12-15-30-13-6-5-7-14-30/h9,11,16-17,21,28H,5-8,10,12-15H2,1-4H3,(H,29,31)/t21-/m0/s1. The Morgan fingerprint density at radius 2 is 1.76 bits per heavy atom. The van der Waals surface area contributed by atoms with Gasteiger partial charge in [0.05, 0.1) is 27.0 Å². The number of hydrogen-bond donors (Lipinski definition) is 2. The predicted octanol–water partition coefficient (Wildman–Crippen LogP) is 3.84. The third-order valence-corrected chi connectivity index (χ3v) is 7.08. The maximum Gasteiger partial charge on any atom is 0.203 e. The number of fused-ring (bicyclic) bond motifs is 3. The molecule has 1 fully saturated rings. The molecule has 2 aromatic rings. The SMILES string of the molecule is CN[C@H]1CCc2cc(OC)c(OC)c(OC)c2-c2ccc(NCCN3CCCCC3)c(=O)cc21. The van der Waals surface area contributed by atoms with Gasteiger partial charge in [0.15, 0.2) is 11.5 Å². The summed E-state index contributed by atoms with van der Waals surface area (Å²) in [6, 6.07) is 7.82. The molecule has 7 heteroatoms. The van der Waals surface area contributed by atoms with E-state index in [1.54, 1.807) is 27.4 Å². The van der Waals surface area contributed by atoms with E-state index >= 15 is 0 Å². The Morgan fingerprint density at radius 3 is 2.44 bits per heavy atom. The number of nitrogens with one attached hydrogen (secondary N) is 2. The summed E-state index contributed by atoms with van der Waals surface area (Å²) in [6.07, 6.45) is 5.53. The third-order valence-electron chi connectivity index (χ3n) is 7.08. The molecule has 7 nitrogen and oxygen atoms in total. The normalized spacial score (nSPS) is 17.8. The van der Waals surface area contributed by atoms with Crippen LogP contribution in [0.2, 0.25) is 0 Å². The second kappa shape index (κ2) is 11.1. The molecule has 0 bridgehead atoms. The number of anilines is 1. The molecule has 0 amide bonds. The fourth-order valence-corrected chi connectivity index (χ4v) is 5.29. The van der Waals surface area contributed by atoms with Gasteiger partial charge >= 0.3 is 0 Å². The highest BCUT2D eigenvalue weighted by Crippen LogP contribution is 2.50. The number of hydrogen-bond acceptors (Lipinski definition) is 7. The summed E-state index contributed by atoms with van der Waals surface area (Å²) in [5, 5.41) is 6.80. The predicted molar refractivity (Wildman–Crippen MR) is 137 cm³/mol. The Bertz CT molecular complexity index is 1070. The van der Waals surface area contributed by atoms with Gasteiger partial charge in [-0.05, 0) is 80.7 Å². The van der Waals surface area contributed by atoms with E-state index in [9.17, 15) is 4.79 Å². The van der Waals surface area contributed by atoms with Crippen molar-refractivity contribution in [3.63, 3.8) is 0 Å². The van der Waals surface area contributed by atoms with Crippen molar-refractivity contribution in [1.82, 2.24) is 10.2 Å². The number of benzene rings is 1. The van der Waals surface area contributed by atoms with E-state index in [1.165, 1.54) is 19.3 Å². The minimum atomic E-state index is 0.00281. The van der Waals surface area contributed by atoms with Crippen molar-refractivity contribution < 1.29 is 14.2 Å². The van der Waals surface area contributed by atoms with Crippen LogP contribution in [0.1, 0.15) is 42.9 Å². The van der Waals surface area contributed by atoms with Crippen molar-refractivity contribution >= 4 is 5.69 Å². The average molecular weight is 468 g/mol. The quantitative estimate of drug-likeness (QED) is 0.611. The summed E-state index contributed by atoms with van der Waals surface area (Å²) < 4.78 is 17.1. The lowest BCUT2D eigenvalue weighted by atomic mass is 9.95. The number of ether oxygens (including phenoxy) is 3. The molecule has 1 saturated heterocycles. The summed E-state index contributed by atoms with van der Waals surface area (Å²) >= 11 is 0. The van der Waals surface area contributed by atoms with Crippen molar-refractivity contribution in [2.24, 2.45) is 0 Å². The number of piperidine rings is 1. The molecular weight excluding hydrogens is 430 g/mol. The van der Waals surface area contributed by atoms with Crippen LogP contribution < -0.4 is 30.3 Å². The van der Waals surface area contributed by atoms with Crippen LogP contribution >= 0.6 is 0 Å². The second-order valence-corrected chi connectivity index (χ2v) is 9.01. The van der Waals surface area contributed by atoms with Gasteiger partial charge in [-0.3, -0.25) is 4.79 Å². The molecule has 4 rings (SSSR count). The van der Waals surface area contributed by atoms with E-state index in [2.05, 4.69) is 15.5 Å². The summed E-state index contributed by atoms with van der Waals surface area (Å²) in [5.41, 5.74) is 4.66. The van der Waals surface area contributed by atoms with Gasteiger partial charge in [0.1, 0.15) is 0 Å². The molecule has 34 heavy (non-hydrogen) atoms. The minimum absolute atomic E-state index is 0.00281. The van der Waals surface area contributed by atoms with Gasteiger partial charge in [-0.2, -0.15) is 0 Å². The summed E-state index contributed by atoms with van der Waals surface area (Å²) in [5.74, 6) is 1.84. The van der Waals surface area contributed by atoms with E-state index in [1.807, 2.05) is 25.2 Å². The maximum absolute atomic E-state index is 13.3. The number of methoxy groups -OCH3 is 3. The van der Waals surface area contributed by atoms with Gasteiger partial charge in [-0.15, -0.1) is 0 Å². The zero-order valence-electron chi connectivity index (χ0n) is 20.8. The first-order chi connectivity index (χ1) is 16.6. The molecule has 2 aromatic carbocycles. The fraction of sp³-hybridized carbons (Fsp3) is 0.519. The second-order valence-electron chi connectivity index (χ2n) is 9.01. The Hall–Kier alpha value is -2.77. The van der Waals surface area contributed by atoms with Crippen LogP contribution in [0, 0.1) is 0 Å². The lowest BCUT2D eigenvalue weighted by Gasteiger charge is -2.26. The number of rotatable bonds is 8. The highest BCUT2D eigenvalue weighted by atomic mass is 16.5. The Morgan fingerprint density at radius 1 is 1.00 bits per heavy atom. The van der Waals surface area contributed by atoms with Gasteiger partial charge in [0.25, 0.3) is 0 Å². The highest BCUT2D eigenvalue weighted by Gasteiger charge is 2.28. The molecule has 0 unspecified atom stereocenters.